The Morgan fingerprint density at radius 2 is 2.15 bits per heavy atom. The first-order valence-corrected chi connectivity index (χ1v) is 9.37. The highest BCUT2D eigenvalue weighted by Crippen LogP contribution is 2.33. The van der Waals surface area contributed by atoms with Gasteiger partial charge < -0.3 is 5.32 Å². The summed E-state index contributed by atoms with van der Waals surface area (Å²) in [4.78, 5) is 16.2. The number of anilines is 2. The van der Waals surface area contributed by atoms with Gasteiger partial charge in [0, 0.05) is 30.1 Å². The summed E-state index contributed by atoms with van der Waals surface area (Å²) < 4.78 is 0. The van der Waals surface area contributed by atoms with Gasteiger partial charge in [0.1, 0.15) is 17.5 Å². The Morgan fingerprint density at radius 1 is 1.26 bits per heavy atom. The van der Waals surface area contributed by atoms with Crippen molar-refractivity contribution < 1.29 is 0 Å². The highest BCUT2D eigenvalue weighted by atomic mass is 15.2. The van der Waals surface area contributed by atoms with E-state index in [0.29, 0.717) is 6.04 Å². The van der Waals surface area contributed by atoms with Gasteiger partial charge in [0.05, 0.1) is 17.9 Å². The second-order valence-corrected chi connectivity index (χ2v) is 7.17. The molecule has 3 aromatic rings. The quantitative estimate of drug-likeness (QED) is 0.721. The molecule has 0 radical (unpaired) electrons. The van der Waals surface area contributed by atoms with Gasteiger partial charge in [0.2, 0.25) is 0 Å². The van der Waals surface area contributed by atoms with Gasteiger partial charge in [-0.05, 0) is 51.8 Å². The fraction of sp³-hybridized carbons (Fsp3) is 0.400. The van der Waals surface area contributed by atoms with Crippen LogP contribution in [0.5, 0.6) is 0 Å². The number of pyridine rings is 1. The minimum atomic E-state index is 0.298. The van der Waals surface area contributed by atoms with E-state index in [1.54, 1.807) is 6.20 Å². The first-order valence-electron chi connectivity index (χ1n) is 9.37. The van der Waals surface area contributed by atoms with Crippen molar-refractivity contribution in [3.63, 3.8) is 0 Å². The largest absolute Gasteiger partial charge is 0.325 e. The summed E-state index contributed by atoms with van der Waals surface area (Å²) in [5.41, 5.74) is 4.54. The zero-order valence-electron chi connectivity index (χ0n) is 16.0. The fourth-order valence-electron chi connectivity index (χ4n) is 3.67. The Bertz CT molecular complexity index is 934. The number of hydrogen-bond donors (Lipinski definition) is 2. The van der Waals surface area contributed by atoms with E-state index in [2.05, 4.69) is 43.4 Å². The predicted molar refractivity (Wildman–Crippen MR) is 105 cm³/mol. The van der Waals surface area contributed by atoms with Gasteiger partial charge in [-0.2, -0.15) is 5.10 Å². The molecule has 1 fully saturated rings. The molecule has 0 aromatic carbocycles. The number of nitrogens with one attached hydrogen (secondary N) is 2. The number of H-pyrrole nitrogens is 1. The molecule has 140 valence electrons. The van der Waals surface area contributed by atoms with Crippen molar-refractivity contribution in [1.29, 1.82) is 0 Å². The number of likely N-dealkylation sites (tertiary alicyclic amines) is 1. The zero-order valence-corrected chi connectivity index (χ0v) is 16.0. The smallest absolute Gasteiger partial charge is 0.135 e. The van der Waals surface area contributed by atoms with Gasteiger partial charge in [-0.3, -0.25) is 10.00 Å². The minimum absolute atomic E-state index is 0.298. The molecular formula is C20H25N7. The van der Waals surface area contributed by atoms with Crippen molar-refractivity contribution in [3.8, 4) is 0 Å². The van der Waals surface area contributed by atoms with Crippen LogP contribution < -0.4 is 5.32 Å². The zero-order chi connectivity index (χ0) is 18.8. The van der Waals surface area contributed by atoms with E-state index in [1.165, 1.54) is 12.0 Å². The Hall–Kier alpha value is -2.80. The third kappa shape index (κ3) is 3.83. The summed E-state index contributed by atoms with van der Waals surface area (Å²) in [5.74, 6) is 2.40. The summed E-state index contributed by atoms with van der Waals surface area (Å²) in [6.07, 6.45) is 5.99. The summed E-state index contributed by atoms with van der Waals surface area (Å²) in [5, 5.41) is 10.5. The van der Waals surface area contributed by atoms with Crippen molar-refractivity contribution in [2.24, 2.45) is 0 Å². The van der Waals surface area contributed by atoms with E-state index >= 15 is 0 Å². The lowest BCUT2D eigenvalue weighted by Crippen LogP contribution is -2.24. The Labute approximate surface area is 159 Å². The van der Waals surface area contributed by atoms with Crippen molar-refractivity contribution in [2.75, 3.05) is 11.9 Å². The van der Waals surface area contributed by atoms with Crippen LogP contribution in [-0.2, 0) is 6.54 Å². The van der Waals surface area contributed by atoms with Gasteiger partial charge in [-0.25, -0.2) is 15.0 Å². The first kappa shape index (κ1) is 17.6. The normalized spacial score (nSPS) is 17.4. The molecule has 7 nitrogen and oxygen atoms in total. The molecule has 7 heteroatoms. The van der Waals surface area contributed by atoms with E-state index in [9.17, 15) is 0 Å². The number of aromatic nitrogens is 5. The molecule has 0 amide bonds. The van der Waals surface area contributed by atoms with Crippen LogP contribution >= 0.6 is 0 Å². The van der Waals surface area contributed by atoms with E-state index in [4.69, 9.17) is 4.98 Å². The molecule has 1 aliphatic heterocycles. The van der Waals surface area contributed by atoms with Gasteiger partial charge in [0.15, 0.2) is 0 Å². The van der Waals surface area contributed by atoms with Crippen LogP contribution in [0.15, 0.2) is 30.6 Å². The lowest BCUT2D eigenvalue weighted by molar-refractivity contribution is 0.243. The second kappa shape index (κ2) is 7.44. The number of nitrogens with zero attached hydrogens (tertiary/aromatic N) is 5. The minimum Gasteiger partial charge on any atom is -0.325 e. The molecule has 1 saturated heterocycles. The van der Waals surface area contributed by atoms with Crippen LogP contribution in [0, 0.1) is 20.8 Å². The third-order valence-electron chi connectivity index (χ3n) is 5.13. The van der Waals surface area contributed by atoms with Gasteiger partial charge in [0.25, 0.3) is 0 Å². The summed E-state index contributed by atoms with van der Waals surface area (Å²) in [7, 11) is 0. The molecule has 0 spiro atoms. The van der Waals surface area contributed by atoms with Crippen LogP contribution in [-0.4, -0.2) is 36.6 Å². The molecule has 0 unspecified atom stereocenters. The molecular weight excluding hydrogens is 338 g/mol. The Balaban J connectivity index is 1.58. The van der Waals surface area contributed by atoms with Crippen LogP contribution in [0.3, 0.4) is 0 Å². The van der Waals surface area contributed by atoms with Crippen LogP contribution in [0.25, 0.3) is 0 Å². The van der Waals surface area contributed by atoms with E-state index in [-0.39, 0.29) is 0 Å². The molecule has 2 N–H and O–H groups in total. The van der Waals surface area contributed by atoms with E-state index in [0.717, 1.165) is 53.9 Å². The predicted octanol–water partition coefficient (Wildman–Crippen LogP) is 3.60. The lowest BCUT2D eigenvalue weighted by atomic mass is 10.1. The Morgan fingerprint density at radius 3 is 2.93 bits per heavy atom. The lowest BCUT2D eigenvalue weighted by Gasteiger charge is -2.24. The second-order valence-electron chi connectivity index (χ2n) is 7.17. The standard InChI is InChI=1S/C20H25N7/c1-13-6-4-8-21-20(13)25-19-10-17(23-15(3)24-19)18-7-5-9-27(18)12-16-11-22-26-14(16)2/h4,6,8,10-11,18H,5,7,9,12H2,1-3H3,(H,22,26)(H,21,23,24,25)/t18-/m1/s1. The molecule has 4 heterocycles. The fourth-order valence-corrected chi connectivity index (χ4v) is 3.67. The van der Waals surface area contributed by atoms with Gasteiger partial charge >= 0.3 is 0 Å². The number of aryl methyl sites for hydroxylation is 3. The Kier molecular flexibility index (Phi) is 4.85. The molecule has 3 aromatic heterocycles. The van der Waals surface area contributed by atoms with Crippen LogP contribution in [0.1, 0.15) is 47.2 Å². The summed E-state index contributed by atoms with van der Waals surface area (Å²) >= 11 is 0. The number of hydrogen-bond acceptors (Lipinski definition) is 6. The average Bonchev–Trinajstić information content (AvgIpc) is 3.26. The molecule has 1 atom stereocenters. The maximum Gasteiger partial charge on any atom is 0.135 e. The van der Waals surface area contributed by atoms with Crippen LogP contribution in [0.4, 0.5) is 11.6 Å². The maximum absolute atomic E-state index is 4.75. The van der Waals surface area contributed by atoms with Crippen LogP contribution in [0.2, 0.25) is 0 Å². The molecule has 0 aliphatic carbocycles. The highest BCUT2D eigenvalue weighted by molar-refractivity contribution is 5.55. The van der Waals surface area contributed by atoms with E-state index in [1.807, 2.05) is 32.2 Å². The van der Waals surface area contributed by atoms with Crippen molar-refractivity contribution in [1.82, 2.24) is 30.0 Å². The third-order valence-corrected chi connectivity index (χ3v) is 5.13. The van der Waals surface area contributed by atoms with Gasteiger partial charge in [-0.15, -0.1) is 0 Å². The summed E-state index contributed by atoms with van der Waals surface area (Å²) in [6.45, 7) is 8.01. The molecule has 1 aliphatic rings. The van der Waals surface area contributed by atoms with E-state index < -0.39 is 0 Å². The summed E-state index contributed by atoms with van der Waals surface area (Å²) in [6, 6.07) is 6.33. The highest BCUT2D eigenvalue weighted by Gasteiger charge is 2.28. The molecule has 27 heavy (non-hydrogen) atoms. The maximum atomic E-state index is 4.75. The average molecular weight is 363 g/mol. The first-order chi connectivity index (χ1) is 13.1. The van der Waals surface area contributed by atoms with Crippen molar-refractivity contribution >= 4 is 11.6 Å². The van der Waals surface area contributed by atoms with Crippen molar-refractivity contribution in [2.45, 2.75) is 46.2 Å². The molecule has 0 bridgehead atoms. The topological polar surface area (TPSA) is 82.6 Å². The SMILES string of the molecule is Cc1nc(Nc2ncccc2C)cc([C@H]2CCCN2Cc2cn[nH]c2C)n1. The van der Waals surface area contributed by atoms with Gasteiger partial charge in [-0.1, -0.05) is 6.07 Å². The molecule has 4 rings (SSSR count). The number of aromatic amines is 1. The van der Waals surface area contributed by atoms with Crippen molar-refractivity contribution in [3.05, 3.63) is 58.9 Å². The monoisotopic (exact) mass is 363 g/mol. The number of rotatable bonds is 5. The molecule has 0 saturated carbocycles.